The molecular weight excluding hydrogens is 382 g/mol. The van der Waals surface area contributed by atoms with Crippen molar-refractivity contribution in [2.75, 3.05) is 30.4 Å². The van der Waals surface area contributed by atoms with E-state index in [9.17, 15) is 4.79 Å². The standard InChI is InChI=1S/C27H39N3O/c1-19(2)23-10-9-11-24(20(3)4)25(23)30(26(28)31)18-27(16-7-8-17-27)21-12-14-22(15-13-21)29(5)6/h9-15,19-20H,7-8,16-18H2,1-6H3,(H2,28,31). The van der Waals surface area contributed by atoms with Crippen LogP contribution in [0.15, 0.2) is 42.5 Å². The van der Waals surface area contributed by atoms with Gasteiger partial charge in [0.2, 0.25) is 0 Å². The van der Waals surface area contributed by atoms with Gasteiger partial charge in [-0.15, -0.1) is 0 Å². The van der Waals surface area contributed by atoms with Gasteiger partial charge in [-0.1, -0.05) is 70.9 Å². The predicted molar refractivity (Wildman–Crippen MR) is 132 cm³/mol. The Kier molecular flexibility index (Phi) is 6.98. The van der Waals surface area contributed by atoms with Gasteiger partial charge in [-0.05, 0) is 53.5 Å². The van der Waals surface area contributed by atoms with Crippen LogP contribution >= 0.6 is 0 Å². The van der Waals surface area contributed by atoms with Gasteiger partial charge in [-0.3, -0.25) is 4.90 Å². The van der Waals surface area contributed by atoms with Gasteiger partial charge in [0.25, 0.3) is 0 Å². The molecule has 0 heterocycles. The number of urea groups is 1. The Morgan fingerprint density at radius 3 is 1.87 bits per heavy atom. The fourth-order valence-electron chi connectivity index (χ4n) is 5.10. The van der Waals surface area contributed by atoms with E-state index in [0.717, 1.165) is 18.5 Å². The van der Waals surface area contributed by atoms with Crippen LogP contribution in [0.3, 0.4) is 0 Å². The number of benzene rings is 2. The summed E-state index contributed by atoms with van der Waals surface area (Å²) in [6, 6.07) is 14.9. The molecule has 0 atom stereocenters. The molecule has 31 heavy (non-hydrogen) atoms. The number of primary amides is 1. The lowest BCUT2D eigenvalue weighted by molar-refractivity contribution is 0.251. The molecule has 168 valence electrons. The molecule has 0 unspecified atom stereocenters. The average Bonchev–Trinajstić information content (AvgIpc) is 3.21. The maximum Gasteiger partial charge on any atom is 0.319 e. The Hall–Kier alpha value is -2.49. The van der Waals surface area contributed by atoms with Crippen molar-refractivity contribution in [3.8, 4) is 0 Å². The fraction of sp³-hybridized carbons (Fsp3) is 0.519. The summed E-state index contributed by atoms with van der Waals surface area (Å²) in [4.78, 5) is 16.9. The van der Waals surface area contributed by atoms with E-state index in [4.69, 9.17) is 5.73 Å². The summed E-state index contributed by atoms with van der Waals surface area (Å²) in [7, 11) is 4.12. The van der Waals surface area contributed by atoms with Crippen molar-refractivity contribution in [2.45, 2.75) is 70.6 Å². The highest BCUT2D eigenvalue weighted by Crippen LogP contribution is 2.44. The highest BCUT2D eigenvalue weighted by molar-refractivity contribution is 5.93. The van der Waals surface area contributed by atoms with Crippen molar-refractivity contribution in [1.29, 1.82) is 0 Å². The molecule has 2 N–H and O–H groups in total. The Balaban J connectivity index is 2.09. The molecule has 1 aliphatic carbocycles. The van der Waals surface area contributed by atoms with Gasteiger partial charge in [-0.25, -0.2) is 4.79 Å². The predicted octanol–water partition coefficient (Wildman–Crippen LogP) is 6.40. The van der Waals surface area contributed by atoms with Gasteiger partial charge >= 0.3 is 6.03 Å². The molecule has 0 bridgehead atoms. The van der Waals surface area contributed by atoms with Crippen molar-refractivity contribution < 1.29 is 4.79 Å². The van der Waals surface area contributed by atoms with Gasteiger partial charge in [0, 0.05) is 31.7 Å². The number of nitrogens with zero attached hydrogens (tertiary/aromatic N) is 2. The van der Waals surface area contributed by atoms with Crippen LogP contribution in [0.5, 0.6) is 0 Å². The van der Waals surface area contributed by atoms with Gasteiger partial charge in [0.1, 0.15) is 0 Å². The third kappa shape index (κ3) is 4.73. The third-order valence-electron chi connectivity index (χ3n) is 6.90. The lowest BCUT2D eigenvalue weighted by Gasteiger charge is -2.38. The Labute approximate surface area is 188 Å². The Morgan fingerprint density at radius 1 is 0.935 bits per heavy atom. The summed E-state index contributed by atoms with van der Waals surface area (Å²) in [5.41, 5.74) is 11.9. The number of nitrogens with two attached hydrogens (primary N) is 1. The summed E-state index contributed by atoms with van der Waals surface area (Å²) in [5, 5.41) is 0. The van der Waals surface area contributed by atoms with Crippen molar-refractivity contribution >= 4 is 17.4 Å². The molecule has 1 saturated carbocycles. The zero-order valence-electron chi connectivity index (χ0n) is 20.1. The number of anilines is 2. The van der Waals surface area contributed by atoms with E-state index in [2.05, 4.69) is 89.2 Å². The van der Waals surface area contributed by atoms with Crippen LogP contribution < -0.4 is 15.5 Å². The first-order valence-corrected chi connectivity index (χ1v) is 11.6. The zero-order valence-corrected chi connectivity index (χ0v) is 20.1. The monoisotopic (exact) mass is 421 g/mol. The minimum absolute atomic E-state index is 0.0573. The molecule has 0 radical (unpaired) electrons. The molecular formula is C27H39N3O. The van der Waals surface area contributed by atoms with Gasteiger partial charge in [0.05, 0.1) is 5.69 Å². The largest absolute Gasteiger partial charge is 0.378 e. The normalized spacial score (nSPS) is 15.5. The number of hydrogen-bond acceptors (Lipinski definition) is 2. The first-order chi connectivity index (χ1) is 14.7. The number of carbonyl (C=O) groups is 1. The lowest BCUT2D eigenvalue weighted by Crippen LogP contribution is -2.46. The minimum atomic E-state index is -0.355. The molecule has 3 rings (SSSR count). The number of para-hydroxylation sites is 1. The molecule has 0 aromatic heterocycles. The molecule has 1 fully saturated rings. The van der Waals surface area contributed by atoms with Crippen LogP contribution in [-0.2, 0) is 5.41 Å². The summed E-state index contributed by atoms with van der Waals surface area (Å²) in [6.45, 7) is 9.38. The molecule has 2 aromatic rings. The first-order valence-electron chi connectivity index (χ1n) is 11.6. The highest BCUT2D eigenvalue weighted by Gasteiger charge is 2.39. The van der Waals surface area contributed by atoms with E-state index in [1.807, 2.05) is 4.90 Å². The fourth-order valence-corrected chi connectivity index (χ4v) is 5.10. The average molecular weight is 422 g/mol. The Bertz CT molecular complexity index is 867. The molecule has 0 saturated heterocycles. The van der Waals surface area contributed by atoms with E-state index in [-0.39, 0.29) is 11.4 Å². The molecule has 1 aliphatic rings. The second-order valence-corrected chi connectivity index (χ2v) is 9.95. The lowest BCUT2D eigenvalue weighted by atomic mass is 9.77. The smallest absolute Gasteiger partial charge is 0.319 e. The molecule has 4 nitrogen and oxygen atoms in total. The Morgan fingerprint density at radius 2 is 1.45 bits per heavy atom. The second-order valence-electron chi connectivity index (χ2n) is 9.95. The van der Waals surface area contributed by atoms with E-state index < -0.39 is 0 Å². The molecule has 0 spiro atoms. The van der Waals surface area contributed by atoms with Crippen LogP contribution in [0.2, 0.25) is 0 Å². The molecule has 4 heteroatoms. The highest BCUT2D eigenvalue weighted by atomic mass is 16.2. The zero-order chi connectivity index (χ0) is 22.8. The molecule has 2 aromatic carbocycles. The quantitative estimate of drug-likeness (QED) is 0.562. The van der Waals surface area contributed by atoms with E-state index >= 15 is 0 Å². The summed E-state index contributed by atoms with van der Waals surface area (Å²) in [5.74, 6) is 0.629. The number of amides is 2. The van der Waals surface area contributed by atoms with Gasteiger partial charge in [0.15, 0.2) is 0 Å². The molecule has 2 amide bonds. The van der Waals surface area contributed by atoms with Crippen molar-refractivity contribution in [1.82, 2.24) is 0 Å². The SMILES string of the molecule is CC(C)c1cccc(C(C)C)c1N(CC1(c2ccc(N(C)C)cc2)CCCC1)C(N)=O. The second kappa shape index (κ2) is 9.33. The van der Waals surface area contributed by atoms with Gasteiger partial charge in [-0.2, -0.15) is 0 Å². The van der Waals surface area contributed by atoms with Crippen molar-refractivity contribution in [2.24, 2.45) is 5.73 Å². The van der Waals surface area contributed by atoms with E-state index in [1.54, 1.807) is 0 Å². The first kappa shape index (κ1) is 23.2. The van der Waals surface area contributed by atoms with Gasteiger partial charge < -0.3 is 10.6 Å². The maximum atomic E-state index is 12.9. The summed E-state index contributed by atoms with van der Waals surface area (Å²) < 4.78 is 0. The number of carbonyl (C=O) groups excluding carboxylic acids is 1. The molecule has 0 aliphatic heterocycles. The summed E-state index contributed by atoms with van der Waals surface area (Å²) in [6.07, 6.45) is 4.54. The van der Waals surface area contributed by atoms with Crippen molar-refractivity contribution in [3.63, 3.8) is 0 Å². The van der Waals surface area contributed by atoms with Crippen LogP contribution in [-0.4, -0.2) is 26.7 Å². The van der Waals surface area contributed by atoms with Crippen molar-refractivity contribution in [3.05, 3.63) is 59.2 Å². The van der Waals surface area contributed by atoms with E-state index in [0.29, 0.717) is 18.4 Å². The van der Waals surface area contributed by atoms with Crippen LogP contribution in [0.4, 0.5) is 16.2 Å². The maximum absolute atomic E-state index is 12.9. The topological polar surface area (TPSA) is 49.6 Å². The van der Waals surface area contributed by atoms with Crippen LogP contribution in [0.25, 0.3) is 0 Å². The number of rotatable bonds is 7. The summed E-state index contributed by atoms with van der Waals surface area (Å²) >= 11 is 0. The van der Waals surface area contributed by atoms with Crippen LogP contribution in [0.1, 0.15) is 81.9 Å². The number of hydrogen-bond donors (Lipinski definition) is 1. The minimum Gasteiger partial charge on any atom is -0.378 e. The third-order valence-corrected chi connectivity index (χ3v) is 6.90. The van der Waals surface area contributed by atoms with E-state index in [1.165, 1.54) is 35.2 Å². The van der Waals surface area contributed by atoms with Crippen LogP contribution in [0, 0.1) is 0 Å².